The maximum atomic E-state index is 13.4. The summed E-state index contributed by atoms with van der Waals surface area (Å²) in [6, 6.07) is 1.26. The van der Waals surface area contributed by atoms with Gasteiger partial charge in [-0.15, -0.1) is 0 Å². The van der Waals surface area contributed by atoms with Crippen LogP contribution in [0.3, 0.4) is 0 Å². The van der Waals surface area contributed by atoms with Gasteiger partial charge in [-0.05, 0) is 18.6 Å². The van der Waals surface area contributed by atoms with Crippen molar-refractivity contribution in [2.24, 2.45) is 5.73 Å². The smallest absolute Gasteiger partial charge is 0.151 e. The molecule has 0 aliphatic heterocycles. The van der Waals surface area contributed by atoms with Crippen LogP contribution in [-0.2, 0) is 0 Å². The van der Waals surface area contributed by atoms with Gasteiger partial charge in [0.2, 0.25) is 0 Å². The van der Waals surface area contributed by atoms with E-state index >= 15 is 0 Å². The van der Waals surface area contributed by atoms with Crippen molar-refractivity contribution in [3.63, 3.8) is 0 Å². The van der Waals surface area contributed by atoms with Gasteiger partial charge in [-0.3, -0.25) is 0 Å². The van der Waals surface area contributed by atoms with Crippen LogP contribution < -0.4 is 5.73 Å². The number of benzene rings is 1. The Hall–Kier alpha value is -0.930. The Morgan fingerprint density at radius 1 is 1.43 bits per heavy atom. The molecular formula is C10H10ClF2N. The van der Waals surface area contributed by atoms with E-state index in [0.717, 1.165) is 0 Å². The molecule has 2 N–H and O–H groups in total. The number of hydrogen-bond acceptors (Lipinski definition) is 1. The van der Waals surface area contributed by atoms with Gasteiger partial charge < -0.3 is 5.73 Å². The second kappa shape index (κ2) is 4.53. The molecule has 0 atom stereocenters. The highest BCUT2D eigenvalue weighted by Crippen LogP contribution is 2.25. The lowest BCUT2D eigenvalue weighted by Gasteiger charge is -2.04. The molecule has 1 aromatic rings. The van der Waals surface area contributed by atoms with Gasteiger partial charge in [-0.25, -0.2) is 8.78 Å². The first-order chi connectivity index (χ1) is 6.57. The third kappa shape index (κ3) is 2.11. The Kier molecular flexibility index (Phi) is 3.61. The van der Waals surface area contributed by atoms with Gasteiger partial charge in [0.1, 0.15) is 5.82 Å². The zero-order chi connectivity index (χ0) is 10.7. The first-order valence-electron chi connectivity index (χ1n) is 4.08. The molecule has 0 aliphatic rings. The number of rotatable bonds is 2. The maximum absolute atomic E-state index is 13.4. The molecule has 0 aliphatic carbocycles. The summed E-state index contributed by atoms with van der Waals surface area (Å²) in [5, 5.41) is -0.0828. The Morgan fingerprint density at radius 3 is 2.64 bits per heavy atom. The van der Waals surface area contributed by atoms with Crippen LogP contribution in [0.5, 0.6) is 0 Å². The summed E-state index contributed by atoms with van der Waals surface area (Å²) in [6.07, 6.45) is 2.76. The molecule has 14 heavy (non-hydrogen) atoms. The average Bonchev–Trinajstić information content (AvgIpc) is 2.15. The standard InChI is InChI=1S/C10H10ClF2N/c1-6-5-8(11)10(13)7(9(6)12)3-2-4-14/h2-3,5H,4,14H2,1H3/b3-2+. The fraction of sp³-hybridized carbons (Fsp3) is 0.200. The summed E-state index contributed by atoms with van der Waals surface area (Å²) in [7, 11) is 0. The van der Waals surface area contributed by atoms with Gasteiger partial charge in [0.05, 0.1) is 5.02 Å². The molecule has 0 radical (unpaired) electrons. The van der Waals surface area contributed by atoms with Crippen molar-refractivity contribution in [3.8, 4) is 0 Å². The normalized spacial score (nSPS) is 11.2. The number of nitrogens with two attached hydrogens (primary N) is 1. The lowest BCUT2D eigenvalue weighted by molar-refractivity contribution is 0.573. The van der Waals surface area contributed by atoms with Crippen LogP contribution in [-0.4, -0.2) is 6.54 Å². The number of hydrogen-bond donors (Lipinski definition) is 1. The minimum absolute atomic E-state index is 0.0828. The van der Waals surface area contributed by atoms with Crippen LogP contribution >= 0.6 is 11.6 Å². The highest BCUT2D eigenvalue weighted by molar-refractivity contribution is 6.31. The molecule has 76 valence electrons. The fourth-order valence-electron chi connectivity index (χ4n) is 1.09. The average molecular weight is 218 g/mol. The highest BCUT2D eigenvalue weighted by Gasteiger charge is 2.12. The summed E-state index contributed by atoms with van der Waals surface area (Å²) in [5.41, 5.74) is 5.36. The Bertz CT molecular complexity index is 349. The lowest BCUT2D eigenvalue weighted by atomic mass is 10.1. The van der Waals surface area contributed by atoms with E-state index in [1.165, 1.54) is 25.1 Å². The Morgan fingerprint density at radius 2 is 2.07 bits per heavy atom. The van der Waals surface area contributed by atoms with Crippen LogP contribution in [0, 0.1) is 18.6 Å². The first kappa shape index (κ1) is 11.1. The predicted octanol–water partition coefficient (Wildman–Crippen LogP) is 2.90. The van der Waals surface area contributed by atoms with Crippen LogP contribution in [0.2, 0.25) is 5.02 Å². The molecule has 0 aromatic heterocycles. The monoisotopic (exact) mass is 217 g/mol. The second-order valence-electron chi connectivity index (χ2n) is 2.85. The van der Waals surface area contributed by atoms with E-state index in [1.807, 2.05) is 0 Å². The van der Waals surface area contributed by atoms with E-state index in [0.29, 0.717) is 5.56 Å². The Balaban J connectivity index is 3.32. The summed E-state index contributed by atoms with van der Waals surface area (Å²) in [4.78, 5) is 0. The SMILES string of the molecule is Cc1cc(Cl)c(F)c(/C=C/CN)c1F. The largest absolute Gasteiger partial charge is 0.327 e. The lowest BCUT2D eigenvalue weighted by Crippen LogP contribution is -1.96. The highest BCUT2D eigenvalue weighted by atomic mass is 35.5. The molecule has 4 heteroatoms. The van der Waals surface area contributed by atoms with E-state index in [9.17, 15) is 8.78 Å². The second-order valence-corrected chi connectivity index (χ2v) is 3.26. The van der Waals surface area contributed by atoms with Crippen LogP contribution in [0.1, 0.15) is 11.1 Å². The summed E-state index contributed by atoms with van der Waals surface area (Å²) >= 11 is 5.56. The molecule has 1 rings (SSSR count). The zero-order valence-electron chi connectivity index (χ0n) is 7.65. The Labute approximate surface area is 86.2 Å². The van der Waals surface area contributed by atoms with Gasteiger partial charge in [0.25, 0.3) is 0 Å². The topological polar surface area (TPSA) is 26.0 Å². The van der Waals surface area contributed by atoms with Crippen LogP contribution in [0.25, 0.3) is 6.08 Å². The molecule has 0 spiro atoms. The van der Waals surface area contributed by atoms with Crippen LogP contribution in [0.15, 0.2) is 12.1 Å². The van der Waals surface area contributed by atoms with E-state index in [2.05, 4.69) is 0 Å². The quantitative estimate of drug-likeness (QED) is 0.758. The third-order valence-corrected chi connectivity index (χ3v) is 2.07. The van der Waals surface area contributed by atoms with E-state index in [-0.39, 0.29) is 17.1 Å². The van der Waals surface area contributed by atoms with Crippen molar-refractivity contribution in [3.05, 3.63) is 39.9 Å². The zero-order valence-corrected chi connectivity index (χ0v) is 8.41. The van der Waals surface area contributed by atoms with Gasteiger partial charge in [0, 0.05) is 12.1 Å². The van der Waals surface area contributed by atoms with E-state index in [1.54, 1.807) is 0 Å². The minimum Gasteiger partial charge on any atom is -0.327 e. The summed E-state index contributed by atoms with van der Waals surface area (Å²) in [6.45, 7) is 1.75. The summed E-state index contributed by atoms with van der Waals surface area (Å²) in [5.74, 6) is -1.35. The van der Waals surface area contributed by atoms with Gasteiger partial charge in [-0.1, -0.05) is 23.8 Å². The molecule has 0 unspecified atom stereocenters. The molecular weight excluding hydrogens is 208 g/mol. The first-order valence-corrected chi connectivity index (χ1v) is 4.46. The van der Waals surface area contributed by atoms with Gasteiger partial charge in [-0.2, -0.15) is 0 Å². The van der Waals surface area contributed by atoms with Crippen molar-refractivity contribution in [1.82, 2.24) is 0 Å². The minimum atomic E-state index is -0.750. The molecule has 1 nitrogen and oxygen atoms in total. The molecule has 0 heterocycles. The van der Waals surface area contributed by atoms with Gasteiger partial charge >= 0.3 is 0 Å². The van der Waals surface area contributed by atoms with Crippen molar-refractivity contribution >= 4 is 17.7 Å². The van der Waals surface area contributed by atoms with Crippen molar-refractivity contribution < 1.29 is 8.78 Å². The van der Waals surface area contributed by atoms with Gasteiger partial charge in [0.15, 0.2) is 5.82 Å². The molecule has 1 aromatic carbocycles. The molecule has 0 fully saturated rings. The third-order valence-electron chi connectivity index (χ3n) is 1.79. The fourth-order valence-corrected chi connectivity index (χ4v) is 1.35. The number of halogens is 3. The predicted molar refractivity (Wildman–Crippen MR) is 54.2 cm³/mol. The molecule has 0 amide bonds. The number of aryl methyl sites for hydroxylation is 1. The van der Waals surface area contributed by atoms with E-state index < -0.39 is 11.6 Å². The van der Waals surface area contributed by atoms with E-state index in [4.69, 9.17) is 17.3 Å². The van der Waals surface area contributed by atoms with Crippen molar-refractivity contribution in [1.29, 1.82) is 0 Å². The molecule has 0 saturated carbocycles. The molecule has 0 saturated heterocycles. The van der Waals surface area contributed by atoms with Crippen molar-refractivity contribution in [2.45, 2.75) is 6.92 Å². The maximum Gasteiger partial charge on any atom is 0.151 e. The van der Waals surface area contributed by atoms with Crippen LogP contribution in [0.4, 0.5) is 8.78 Å². The van der Waals surface area contributed by atoms with Crippen molar-refractivity contribution in [2.75, 3.05) is 6.54 Å². The molecule has 0 bridgehead atoms. The summed E-state index contributed by atoms with van der Waals surface area (Å²) < 4.78 is 26.7.